The molecule has 0 amide bonds. The SMILES string of the molecule is CCCCCCCCCCCCCCCCCCCCOC(=O)CCCC(=O)[O-].[Ca+2]. The number of carbonyl (C=O) groups excluding carboxylic acids is 2. The number of hydrogen-bond donors (Lipinski definition) is 0. The third kappa shape index (κ3) is 28.2. The van der Waals surface area contributed by atoms with Crippen LogP contribution in [0.4, 0.5) is 0 Å². The van der Waals surface area contributed by atoms with Crippen LogP contribution in [-0.4, -0.2) is 56.3 Å². The number of esters is 1. The van der Waals surface area contributed by atoms with Crippen molar-refractivity contribution in [1.29, 1.82) is 0 Å². The number of carbonyl (C=O) groups is 2. The van der Waals surface area contributed by atoms with Gasteiger partial charge in [0.1, 0.15) is 0 Å². The Hall–Kier alpha value is 0.200. The fourth-order valence-corrected chi connectivity index (χ4v) is 3.64. The fourth-order valence-electron chi connectivity index (χ4n) is 3.64. The van der Waals surface area contributed by atoms with Gasteiger partial charge in [0.2, 0.25) is 0 Å². The number of carboxylic acid groups (broad SMARTS) is 1. The maximum atomic E-state index is 11.4. The molecule has 30 heavy (non-hydrogen) atoms. The molecule has 172 valence electrons. The Bertz CT molecular complexity index is 374. The van der Waals surface area contributed by atoms with Crippen LogP contribution < -0.4 is 5.11 Å². The molecule has 0 rings (SSSR count). The van der Waals surface area contributed by atoms with Gasteiger partial charge in [-0.15, -0.1) is 0 Å². The molecule has 0 unspecified atom stereocenters. The quantitative estimate of drug-likeness (QED) is 0.107. The first-order chi connectivity index (χ1) is 14.2. The van der Waals surface area contributed by atoms with E-state index in [2.05, 4.69) is 6.92 Å². The standard InChI is InChI=1S/C25H48O4.Ca/c1-2-3-4-5-6-7-8-9-10-11-12-13-14-15-16-17-18-19-23-29-25(28)22-20-21-24(26)27;/h2-23H2,1H3,(H,26,27);/q;+2/p-1. The van der Waals surface area contributed by atoms with E-state index in [-0.39, 0.29) is 56.5 Å². The first-order valence-electron chi connectivity index (χ1n) is 12.5. The molecule has 0 spiro atoms. The number of carboxylic acids is 1. The summed E-state index contributed by atoms with van der Waals surface area (Å²) in [6, 6.07) is 0. The summed E-state index contributed by atoms with van der Waals surface area (Å²) in [6.45, 7) is 2.74. The molecule has 0 N–H and O–H groups in total. The molecule has 0 aromatic heterocycles. The molecule has 0 atom stereocenters. The molecule has 0 heterocycles. The average molecular weight is 452 g/mol. The Morgan fingerprint density at radius 2 is 0.933 bits per heavy atom. The van der Waals surface area contributed by atoms with E-state index in [1.165, 1.54) is 103 Å². The van der Waals surface area contributed by atoms with Crippen molar-refractivity contribution in [3.8, 4) is 0 Å². The van der Waals surface area contributed by atoms with Crippen molar-refractivity contribution in [2.75, 3.05) is 6.61 Å². The van der Waals surface area contributed by atoms with Gasteiger partial charge in [-0.1, -0.05) is 116 Å². The van der Waals surface area contributed by atoms with E-state index in [1.807, 2.05) is 0 Å². The van der Waals surface area contributed by atoms with E-state index in [1.54, 1.807) is 0 Å². The van der Waals surface area contributed by atoms with E-state index in [0.29, 0.717) is 13.0 Å². The Labute approximate surface area is 216 Å². The van der Waals surface area contributed by atoms with Crippen molar-refractivity contribution in [2.24, 2.45) is 0 Å². The topological polar surface area (TPSA) is 66.4 Å². The zero-order valence-electron chi connectivity index (χ0n) is 19.9. The predicted molar refractivity (Wildman–Crippen MR) is 124 cm³/mol. The second-order valence-electron chi connectivity index (χ2n) is 8.46. The van der Waals surface area contributed by atoms with Gasteiger partial charge in [0.25, 0.3) is 0 Å². The summed E-state index contributed by atoms with van der Waals surface area (Å²) in [5, 5.41) is 10.3. The Morgan fingerprint density at radius 1 is 0.567 bits per heavy atom. The van der Waals surface area contributed by atoms with Gasteiger partial charge in [-0.25, -0.2) is 0 Å². The van der Waals surface area contributed by atoms with Crippen molar-refractivity contribution in [2.45, 2.75) is 142 Å². The van der Waals surface area contributed by atoms with Crippen LogP contribution in [0.3, 0.4) is 0 Å². The molecule has 0 aliphatic heterocycles. The van der Waals surface area contributed by atoms with Crippen molar-refractivity contribution < 1.29 is 19.4 Å². The van der Waals surface area contributed by atoms with E-state index in [4.69, 9.17) is 4.74 Å². The molecule has 0 aliphatic carbocycles. The molecule has 0 aliphatic rings. The van der Waals surface area contributed by atoms with Gasteiger partial charge in [0, 0.05) is 12.4 Å². The van der Waals surface area contributed by atoms with E-state index >= 15 is 0 Å². The second-order valence-corrected chi connectivity index (χ2v) is 8.46. The van der Waals surface area contributed by atoms with Crippen LogP contribution in [0.1, 0.15) is 142 Å². The van der Waals surface area contributed by atoms with Crippen LogP contribution >= 0.6 is 0 Å². The zero-order valence-corrected chi connectivity index (χ0v) is 22.1. The van der Waals surface area contributed by atoms with E-state index in [0.717, 1.165) is 12.8 Å². The normalized spacial score (nSPS) is 10.6. The molecule has 0 bridgehead atoms. The van der Waals surface area contributed by atoms with E-state index < -0.39 is 5.97 Å². The monoisotopic (exact) mass is 451 g/mol. The fraction of sp³-hybridized carbons (Fsp3) is 0.920. The van der Waals surface area contributed by atoms with Gasteiger partial charge < -0.3 is 14.6 Å². The summed E-state index contributed by atoms with van der Waals surface area (Å²) in [7, 11) is 0. The van der Waals surface area contributed by atoms with Gasteiger partial charge in [-0.2, -0.15) is 0 Å². The molecule has 0 saturated carbocycles. The molecule has 0 aromatic carbocycles. The molecular formula is C25H47CaO4+. The molecule has 4 nitrogen and oxygen atoms in total. The van der Waals surface area contributed by atoms with Gasteiger partial charge >= 0.3 is 43.7 Å². The molecule has 0 saturated heterocycles. The minimum absolute atomic E-state index is 0. The summed E-state index contributed by atoms with van der Waals surface area (Å²) in [5.74, 6) is -1.40. The molecule has 0 radical (unpaired) electrons. The van der Waals surface area contributed by atoms with E-state index in [9.17, 15) is 14.7 Å². The van der Waals surface area contributed by atoms with Crippen LogP contribution in [0.15, 0.2) is 0 Å². The number of unbranched alkanes of at least 4 members (excludes halogenated alkanes) is 17. The summed E-state index contributed by atoms with van der Waals surface area (Å²) < 4.78 is 5.10. The maximum absolute atomic E-state index is 11.4. The van der Waals surface area contributed by atoms with Crippen molar-refractivity contribution in [1.82, 2.24) is 0 Å². The zero-order chi connectivity index (χ0) is 21.4. The molecule has 0 fully saturated rings. The minimum Gasteiger partial charge on any atom is -0.550 e. The number of rotatable bonds is 23. The largest absolute Gasteiger partial charge is 2.00 e. The maximum Gasteiger partial charge on any atom is 2.00 e. The van der Waals surface area contributed by atoms with Crippen LogP contribution in [0.2, 0.25) is 0 Å². The Balaban J connectivity index is 0. The number of ether oxygens (including phenoxy) is 1. The van der Waals surface area contributed by atoms with Crippen LogP contribution in [0.5, 0.6) is 0 Å². The van der Waals surface area contributed by atoms with Crippen LogP contribution in [0, 0.1) is 0 Å². The third-order valence-electron chi connectivity index (χ3n) is 5.52. The molecule has 0 aromatic rings. The summed E-state index contributed by atoms with van der Waals surface area (Å²) in [5.41, 5.74) is 0. The second kappa shape index (κ2) is 27.2. The first-order valence-corrected chi connectivity index (χ1v) is 12.5. The van der Waals surface area contributed by atoms with Gasteiger partial charge in [0.15, 0.2) is 0 Å². The van der Waals surface area contributed by atoms with Crippen molar-refractivity contribution in [3.63, 3.8) is 0 Å². The van der Waals surface area contributed by atoms with Crippen molar-refractivity contribution in [3.05, 3.63) is 0 Å². The summed E-state index contributed by atoms with van der Waals surface area (Å²) >= 11 is 0. The smallest absolute Gasteiger partial charge is 0.550 e. The Kier molecular flexibility index (Phi) is 29.4. The predicted octanol–water partition coefficient (Wildman–Crippen LogP) is 6.11. The minimum atomic E-state index is -1.11. The number of aliphatic carboxylic acids is 1. The van der Waals surface area contributed by atoms with Gasteiger partial charge in [0.05, 0.1) is 6.61 Å². The van der Waals surface area contributed by atoms with Crippen LogP contribution in [0.25, 0.3) is 0 Å². The first kappa shape index (κ1) is 32.4. The number of hydrogen-bond acceptors (Lipinski definition) is 4. The summed E-state index contributed by atoms with van der Waals surface area (Å²) in [6.07, 6.45) is 24.5. The third-order valence-corrected chi connectivity index (χ3v) is 5.52. The van der Waals surface area contributed by atoms with Gasteiger partial charge in [-0.3, -0.25) is 4.79 Å². The van der Waals surface area contributed by atoms with Gasteiger partial charge in [-0.05, 0) is 19.3 Å². The Morgan fingerprint density at radius 3 is 1.30 bits per heavy atom. The summed E-state index contributed by atoms with van der Waals surface area (Å²) in [4.78, 5) is 21.6. The van der Waals surface area contributed by atoms with Crippen molar-refractivity contribution >= 4 is 49.7 Å². The average Bonchev–Trinajstić information content (AvgIpc) is 2.69. The van der Waals surface area contributed by atoms with Crippen LogP contribution in [-0.2, 0) is 14.3 Å². The molecule has 5 heteroatoms. The molecular weight excluding hydrogens is 404 g/mol.